The molecule has 2 aromatic carbocycles. The van der Waals surface area contributed by atoms with Crippen LogP contribution in [-0.2, 0) is 13.6 Å². The second-order valence-electron chi connectivity index (χ2n) is 8.57. The molecule has 1 saturated carbocycles. The molecule has 7 nitrogen and oxygen atoms in total. The van der Waals surface area contributed by atoms with E-state index in [0.717, 1.165) is 32.1 Å². The van der Waals surface area contributed by atoms with E-state index in [1.807, 2.05) is 0 Å². The first-order chi connectivity index (χ1) is 16.8. The topological polar surface area (TPSA) is 94.2 Å². The Morgan fingerprint density at radius 3 is 2.69 bits per heavy atom. The summed E-state index contributed by atoms with van der Waals surface area (Å²) in [5.41, 5.74) is 8.13. The van der Waals surface area contributed by atoms with Crippen LogP contribution in [0, 0.1) is 0 Å². The maximum atomic E-state index is 13.1. The molecule has 4 rings (SSSR count). The number of nitrogens with one attached hydrogen (secondary N) is 2. The van der Waals surface area contributed by atoms with E-state index < -0.39 is 13.0 Å². The first kappa shape index (κ1) is 25.5. The van der Waals surface area contributed by atoms with Crippen LogP contribution in [0.1, 0.15) is 48.0 Å². The molecule has 1 heterocycles. The summed E-state index contributed by atoms with van der Waals surface area (Å²) >= 11 is 12.8. The van der Waals surface area contributed by atoms with Crippen LogP contribution in [0.4, 0.5) is 20.4 Å². The van der Waals surface area contributed by atoms with E-state index in [0.29, 0.717) is 38.3 Å². The van der Waals surface area contributed by atoms with Crippen molar-refractivity contribution in [1.82, 2.24) is 14.9 Å². The van der Waals surface area contributed by atoms with E-state index in [1.54, 1.807) is 35.9 Å². The molecule has 11 heteroatoms. The lowest BCUT2D eigenvalue weighted by Gasteiger charge is -2.23. The molecule has 1 aliphatic carbocycles. The van der Waals surface area contributed by atoms with Crippen LogP contribution in [0.15, 0.2) is 24.3 Å². The van der Waals surface area contributed by atoms with Crippen LogP contribution in [0.5, 0.6) is 5.75 Å². The molecule has 1 aliphatic rings. The zero-order chi connectivity index (χ0) is 25.1. The standard InChI is InChI=1S/C24H27Cl2F2N5O2/c1-33-18-10-19(35-12-20(27)28)15(23(34)30-14-5-3-2-4-6-14)9-17(18)31-24(33)32-22-16(25)8-7-13(11-29)21(22)26/h7-10,14,20H,2-6,11-12,29H2,1H3,(H,30,34)(H,31,32). The molecule has 1 aromatic heterocycles. The van der Waals surface area contributed by atoms with Crippen molar-refractivity contribution in [2.24, 2.45) is 12.8 Å². The van der Waals surface area contributed by atoms with Crippen molar-refractivity contribution in [3.63, 3.8) is 0 Å². The van der Waals surface area contributed by atoms with Crippen molar-refractivity contribution in [3.8, 4) is 5.75 Å². The Bertz CT molecular complexity index is 1230. The monoisotopic (exact) mass is 525 g/mol. The zero-order valence-corrected chi connectivity index (χ0v) is 20.7. The van der Waals surface area contributed by atoms with Crippen molar-refractivity contribution in [2.45, 2.75) is 51.1 Å². The second-order valence-corrected chi connectivity index (χ2v) is 9.35. The van der Waals surface area contributed by atoms with Gasteiger partial charge in [0.2, 0.25) is 5.95 Å². The molecule has 0 saturated heterocycles. The molecule has 0 radical (unpaired) electrons. The van der Waals surface area contributed by atoms with Gasteiger partial charge in [0.25, 0.3) is 12.3 Å². The lowest BCUT2D eigenvalue weighted by Crippen LogP contribution is -2.36. The Balaban J connectivity index is 1.71. The number of aryl methyl sites for hydroxylation is 1. The number of fused-ring (bicyclic) bond motifs is 1. The highest BCUT2D eigenvalue weighted by molar-refractivity contribution is 6.39. The lowest BCUT2D eigenvalue weighted by molar-refractivity contribution is 0.0791. The van der Waals surface area contributed by atoms with Crippen LogP contribution in [0.2, 0.25) is 10.0 Å². The number of rotatable bonds is 8. The number of carbonyl (C=O) groups excluding carboxylic acids is 1. The number of alkyl halides is 2. The van der Waals surface area contributed by atoms with Gasteiger partial charge in [-0.05, 0) is 30.5 Å². The highest BCUT2D eigenvalue weighted by atomic mass is 35.5. The average molecular weight is 526 g/mol. The number of aromatic nitrogens is 2. The van der Waals surface area contributed by atoms with Gasteiger partial charge >= 0.3 is 0 Å². The molecule has 35 heavy (non-hydrogen) atoms. The molecule has 188 valence electrons. The number of imidazole rings is 1. The maximum Gasteiger partial charge on any atom is 0.272 e. The zero-order valence-electron chi connectivity index (χ0n) is 19.2. The quantitative estimate of drug-likeness (QED) is 0.346. The molecule has 0 aliphatic heterocycles. The fraction of sp³-hybridized carbons (Fsp3) is 0.417. The van der Waals surface area contributed by atoms with Gasteiger partial charge in [0.05, 0.1) is 32.3 Å². The number of amides is 1. The largest absolute Gasteiger partial charge is 0.487 e. The Kier molecular flexibility index (Phi) is 7.98. The van der Waals surface area contributed by atoms with E-state index in [-0.39, 0.29) is 29.8 Å². The summed E-state index contributed by atoms with van der Waals surface area (Å²) in [4.78, 5) is 17.7. The van der Waals surface area contributed by atoms with E-state index in [2.05, 4.69) is 15.6 Å². The number of hydrogen-bond acceptors (Lipinski definition) is 5. The molecule has 1 amide bonds. The predicted octanol–water partition coefficient (Wildman–Crippen LogP) is 5.79. The van der Waals surface area contributed by atoms with Crippen LogP contribution in [0.3, 0.4) is 0 Å². The number of benzene rings is 2. The number of anilines is 2. The minimum Gasteiger partial charge on any atom is -0.487 e. The minimum atomic E-state index is -2.68. The Labute approximate surface area is 211 Å². The summed E-state index contributed by atoms with van der Waals surface area (Å²) < 4.78 is 32.9. The van der Waals surface area contributed by atoms with Crippen molar-refractivity contribution in [1.29, 1.82) is 0 Å². The molecule has 0 unspecified atom stereocenters. The van der Waals surface area contributed by atoms with Gasteiger partial charge in [-0.25, -0.2) is 13.8 Å². The third kappa shape index (κ3) is 5.63. The van der Waals surface area contributed by atoms with E-state index >= 15 is 0 Å². The SMILES string of the molecule is Cn1c(Nc2c(Cl)ccc(CN)c2Cl)nc2cc(C(=O)NC3CCCCC3)c(OCC(F)F)cc21. The molecular weight excluding hydrogens is 499 g/mol. The van der Waals surface area contributed by atoms with Crippen LogP contribution < -0.4 is 21.1 Å². The number of ether oxygens (including phenoxy) is 1. The third-order valence-electron chi connectivity index (χ3n) is 6.16. The van der Waals surface area contributed by atoms with Gasteiger partial charge in [-0.15, -0.1) is 0 Å². The number of nitrogens with zero attached hydrogens (tertiary/aromatic N) is 2. The number of halogens is 4. The van der Waals surface area contributed by atoms with E-state index in [9.17, 15) is 13.6 Å². The summed E-state index contributed by atoms with van der Waals surface area (Å²) in [6, 6.07) is 6.58. The average Bonchev–Trinajstić information content (AvgIpc) is 3.14. The normalized spacial score (nSPS) is 14.5. The van der Waals surface area contributed by atoms with Gasteiger partial charge in [0.15, 0.2) is 0 Å². The molecule has 3 aromatic rings. The molecule has 0 atom stereocenters. The van der Waals surface area contributed by atoms with Gasteiger partial charge in [-0.1, -0.05) is 48.5 Å². The van der Waals surface area contributed by atoms with Crippen molar-refractivity contribution < 1.29 is 18.3 Å². The predicted molar refractivity (Wildman–Crippen MR) is 134 cm³/mol. The summed E-state index contributed by atoms with van der Waals surface area (Å²) in [7, 11) is 1.74. The summed E-state index contributed by atoms with van der Waals surface area (Å²) in [5.74, 6) is 0.0921. The van der Waals surface area contributed by atoms with Crippen molar-refractivity contribution >= 4 is 51.8 Å². The Hall–Kier alpha value is -2.62. The Morgan fingerprint density at radius 2 is 2.00 bits per heavy atom. The van der Waals surface area contributed by atoms with Gasteiger partial charge < -0.3 is 25.7 Å². The smallest absolute Gasteiger partial charge is 0.272 e. The first-order valence-corrected chi connectivity index (χ1v) is 12.2. The number of hydrogen-bond donors (Lipinski definition) is 3. The van der Waals surface area contributed by atoms with Crippen molar-refractivity contribution in [2.75, 3.05) is 11.9 Å². The molecule has 1 fully saturated rings. The highest BCUT2D eigenvalue weighted by Crippen LogP contribution is 2.36. The molecular formula is C24H27Cl2F2N5O2. The van der Waals surface area contributed by atoms with E-state index in [4.69, 9.17) is 33.7 Å². The Morgan fingerprint density at radius 1 is 1.26 bits per heavy atom. The first-order valence-electron chi connectivity index (χ1n) is 11.4. The van der Waals surface area contributed by atoms with Gasteiger partial charge in [0.1, 0.15) is 12.4 Å². The molecule has 0 spiro atoms. The van der Waals surface area contributed by atoms with Gasteiger partial charge in [-0.2, -0.15) is 0 Å². The van der Waals surface area contributed by atoms with Crippen molar-refractivity contribution in [3.05, 3.63) is 45.4 Å². The third-order valence-corrected chi connectivity index (χ3v) is 6.91. The van der Waals surface area contributed by atoms with Gasteiger partial charge in [0, 0.05) is 25.7 Å². The van der Waals surface area contributed by atoms with Crippen LogP contribution >= 0.6 is 23.2 Å². The van der Waals surface area contributed by atoms with E-state index in [1.165, 1.54) is 0 Å². The van der Waals surface area contributed by atoms with Crippen LogP contribution in [0.25, 0.3) is 11.0 Å². The fourth-order valence-electron chi connectivity index (χ4n) is 4.27. The summed E-state index contributed by atoms with van der Waals surface area (Å²) in [6.45, 7) is -0.590. The highest BCUT2D eigenvalue weighted by Gasteiger charge is 2.23. The summed E-state index contributed by atoms with van der Waals surface area (Å²) in [6.07, 6.45) is 2.34. The number of carbonyl (C=O) groups is 1. The van der Waals surface area contributed by atoms with Gasteiger partial charge in [-0.3, -0.25) is 4.79 Å². The minimum absolute atomic E-state index is 0.0509. The second kappa shape index (κ2) is 11.0. The lowest BCUT2D eigenvalue weighted by atomic mass is 9.95. The maximum absolute atomic E-state index is 13.1. The molecule has 0 bridgehead atoms. The molecule has 4 N–H and O–H groups in total. The number of nitrogens with two attached hydrogens (primary N) is 1. The summed E-state index contributed by atoms with van der Waals surface area (Å²) in [5, 5.41) is 6.90. The van der Waals surface area contributed by atoms with Crippen LogP contribution in [-0.4, -0.2) is 34.5 Å². The fourth-order valence-corrected chi connectivity index (χ4v) is 4.81.